The SMILES string of the molecule is CC(C)(C)c1cc(N(C(N)=O)c2cccc(Cl)c2Cl)c(Br)s1. The maximum atomic E-state index is 12.0. The lowest BCUT2D eigenvalue weighted by Gasteiger charge is -2.22. The van der Waals surface area contributed by atoms with E-state index in [4.69, 9.17) is 28.9 Å². The van der Waals surface area contributed by atoms with Crippen LogP contribution in [0.25, 0.3) is 0 Å². The van der Waals surface area contributed by atoms with E-state index in [0.29, 0.717) is 21.4 Å². The van der Waals surface area contributed by atoms with Gasteiger partial charge in [0.2, 0.25) is 0 Å². The number of carbonyl (C=O) groups is 1. The number of hydrogen-bond donors (Lipinski definition) is 1. The van der Waals surface area contributed by atoms with Gasteiger partial charge in [0, 0.05) is 4.88 Å². The van der Waals surface area contributed by atoms with Crippen LogP contribution in [0.15, 0.2) is 28.1 Å². The van der Waals surface area contributed by atoms with Crippen LogP contribution in [0, 0.1) is 0 Å². The molecular weight excluding hydrogens is 407 g/mol. The third-order valence-electron chi connectivity index (χ3n) is 3.04. The Hall–Kier alpha value is -0.750. The van der Waals surface area contributed by atoms with Gasteiger partial charge in [-0.3, -0.25) is 4.90 Å². The molecule has 0 fully saturated rings. The van der Waals surface area contributed by atoms with Crippen molar-refractivity contribution in [1.82, 2.24) is 0 Å². The van der Waals surface area contributed by atoms with Crippen molar-refractivity contribution in [1.29, 1.82) is 0 Å². The van der Waals surface area contributed by atoms with Crippen molar-refractivity contribution >= 4 is 67.9 Å². The molecule has 0 radical (unpaired) electrons. The number of rotatable bonds is 2. The molecule has 2 N–H and O–H groups in total. The highest BCUT2D eigenvalue weighted by Gasteiger charge is 2.26. The quantitative estimate of drug-likeness (QED) is 0.604. The summed E-state index contributed by atoms with van der Waals surface area (Å²) in [6, 6.07) is 6.42. The minimum atomic E-state index is -0.622. The first-order valence-electron chi connectivity index (χ1n) is 6.46. The van der Waals surface area contributed by atoms with E-state index >= 15 is 0 Å². The number of thiophene rings is 1. The largest absolute Gasteiger partial charge is 0.351 e. The Balaban J connectivity index is 2.62. The second kappa shape index (κ2) is 6.40. The summed E-state index contributed by atoms with van der Waals surface area (Å²) in [5.74, 6) is 0. The minimum absolute atomic E-state index is 0.0348. The summed E-state index contributed by atoms with van der Waals surface area (Å²) in [6.07, 6.45) is 0. The Kier molecular flexibility index (Phi) is 5.12. The van der Waals surface area contributed by atoms with Crippen LogP contribution in [0.2, 0.25) is 10.0 Å². The van der Waals surface area contributed by atoms with E-state index < -0.39 is 6.03 Å². The molecular formula is C15H15BrCl2N2OS. The van der Waals surface area contributed by atoms with Crippen molar-refractivity contribution in [2.45, 2.75) is 26.2 Å². The Morgan fingerprint density at radius 2 is 1.91 bits per heavy atom. The molecule has 0 atom stereocenters. The highest BCUT2D eigenvalue weighted by atomic mass is 79.9. The first-order valence-corrected chi connectivity index (χ1v) is 8.83. The highest BCUT2D eigenvalue weighted by Crippen LogP contribution is 2.45. The highest BCUT2D eigenvalue weighted by molar-refractivity contribution is 9.11. The average molecular weight is 422 g/mol. The fourth-order valence-corrected chi connectivity index (χ4v) is 4.03. The second-order valence-electron chi connectivity index (χ2n) is 5.77. The van der Waals surface area contributed by atoms with Gasteiger partial charge in [-0.2, -0.15) is 0 Å². The predicted molar refractivity (Wildman–Crippen MR) is 98.9 cm³/mol. The summed E-state index contributed by atoms with van der Waals surface area (Å²) in [4.78, 5) is 14.5. The lowest BCUT2D eigenvalue weighted by atomic mass is 9.94. The molecule has 0 bridgehead atoms. The first kappa shape index (κ1) is 17.6. The smallest absolute Gasteiger partial charge is 0.323 e. The molecule has 0 aliphatic rings. The molecule has 0 aliphatic carbocycles. The predicted octanol–water partition coefficient (Wildman–Crippen LogP) is 6.33. The van der Waals surface area contributed by atoms with Gasteiger partial charge in [-0.1, -0.05) is 50.0 Å². The van der Waals surface area contributed by atoms with E-state index in [9.17, 15) is 4.79 Å². The molecule has 22 heavy (non-hydrogen) atoms. The molecule has 1 heterocycles. The van der Waals surface area contributed by atoms with Crippen molar-refractivity contribution in [2.75, 3.05) is 4.90 Å². The molecule has 0 saturated carbocycles. The Bertz CT molecular complexity index is 725. The van der Waals surface area contributed by atoms with Gasteiger partial charge < -0.3 is 5.73 Å². The van der Waals surface area contributed by atoms with Crippen LogP contribution in [0.4, 0.5) is 16.2 Å². The van der Waals surface area contributed by atoms with Gasteiger partial charge in [-0.15, -0.1) is 11.3 Å². The molecule has 118 valence electrons. The monoisotopic (exact) mass is 420 g/mol. The van der Waals surface area contributed by atoms with Crippen molar-refractivity contribution in [3.05, 3.63) is 43.0 Å². The first-order chi connectivity index (χ1) is 10.1. The van der Waals surface area contributed by atoms with Crippen LogP contribution in [-0.4, -0.2) is 6.03 Å². The van der Waals surface area contributed by atoms with Gasteiger partial charge >= 0.3 is 6.03 Å². The molecule has 1 aromatic heterocycles. The molecule has 0 aliphatic heterocycles. The normalized spacial score (nSPS) is 11.5. The summed E-state index contributed by atoms with van der Waals surface area (Å²) < 4.78 is 0.812. The zero-order valence-electron chi connectivity index (χ0n) is 12.3. The number of urea groups is 1. The summed E-state index contributed by atoms with van der Waals surface area (Å²) in [5, 5.41) is 0.659. The number of primary amides is 1. The van der Waals surface area contributed by atoms with E-state index in [1.807, 2.05) is 6.07 Å². The number of nitrogens with zero attached hydrogens (tertiary/aromatic N) is 1. The van der Waals surface area contributed by atoms with Crippen LogP contribution < -0.4 is 10.6 Å². The summed E-state index contributed by atoms with van der Waals surface area (Å²) in [6.45, 7) is 6.32. The zero-order valence-corrected chi connectivity index (χ0v) is 16.2. The van der Waals surface area contributed by atoms with Crippen molar-refractivity contribution in [2.24, 2.45) is 5.73 Å². The van der Waals surface area contributed by atoms with E-state index in [2.05, 4.69) is 36.7 Å². The minimum Gasteiger partial charge on any atom is -0.351 e. The van der Waals surface area contributed by atoms with Crippen molar-refractivity contribution < 1.29 is 4.79 Å². The number of halogens is 3. The van der Waals surface area contributed by atoms with Crippen LogP contribution in [-0.2, 0) is 5.41 Å². The van der Waals surface area contributed by atoms with Crippen molar-refractivity contribution in [3.8, 4) is 0 Å². The Morgan fingerprint density at radius 1 is 1.27 bits per heavy atom. The van der Waals surface area contributed by atoms with Gasteiger partial charge in [0.25, 0.3) is 0 Å². The maximum absolute atomic E-state index is 12.0. The average Bonchev–Trinajstić information content (AvgIpc) is 2.77. The van der Waals surface area contributed by atoms with Gasteiger partial charge in [0.15, 0.2) is 0 Å². The lowest BCUT2D eigenvalue weighted by Crippen LogP contribution is -2.31. The molecule has 3 nitrogen and oxygen atoms in total. The molecule has 2 aromatic rings. The third-order valence-corrected chi connectivity index (χ3v) is 6.08. The molecule has 0 saturated heterocycles. The topological polar surface area (TPSA) is 46.3 Å². The molecule has 0 unspecified atom stereocenters. The van der Waals surface area contributed by atoms with E-state index in [1.54, 1.807) is 29.5 Å². The Labute approximate surface area is 152 Å². The van der Waals surface area contributed by atoms with Crippen LogP contribution in [0.5, 0.6) is 0 Å². The third kappa shape index (κ3) is 3.43. The summed E-state index contributed by atoms with van der Waals surface area (Å²) >= 11 is 17.4. The fraction of sp³-hybridized carbons (Fsp3) is 0.267. The maximum Gasteiger partial charge on any atom is 0.323 e. The summed E-state index contributed by atoms with van der Waals surface area (Å²) in [5.41, 5.74) is 6.66. The standard InChI is InChI=1S/C15H15BrCl2N2OS/c1-15(2,3)11-7-10(13(16)22-11)20(14(19)21)9-6-4-5-8(17)12(9)18/h4-7H,1-3H3,(H2,19,21). The molecule has 2 rings (SSSR count). The van der Waals surface area contributed by atoms with Crippen molar-refractivity contribution in [3.63, 3.8) is 0 Å². The number of hydrogen-bond acceptors (Lipinski definition) is 2. The van der Waals surface area contributed by atoms with Gasteiger partial charge in [0.05, 0.1) is 25.2 Å². The summed E-state index contributed by atoms with van der Waals surface area (Å²) in [7, 11) is 0. The molecule has 1 aromatic carbocycles. The lowest BCUT2D eigenvalue weighted by molar-refractivity contribution is 0.256. The number of amides is 2. The molecule has 2 amide bonds. The van der Waals surface area contributed by atoms with Gasteiger partial charge in [0.1, 0.15) is 0 Å². The number of anilines is 2. The molecule has 7 heteroatoms. The number of carbonyl (C=O) groups excluding carboxylic acids is 1. The van der Waals surface area contributed by atoms with E-state index in [1.165, 1.54) is 4.90 Å². The Morgan fingerprint density at radius 3 is 2.41 bits per heavy atom. The molecule has 0 spiro atoms. The van der Waals surface area contributed by atoms with Gasteiger partial charge in [-0.25, -0.2) is 4.79 Å². The number of benzene rings is 1. The van der Waals surface area contributed by atoms with Crippen LogP contribution >= 0.6 is 50.5 Å². The van der Waals surface area contributed by atoms with E-state index in [0.717, 1.165) is 8.66 Å². The van der Waals surface area contributed by atoms with Crippen LogP contribution in [0.1, 0.15) is 25.6 Å². The van der Waals surface area contributed by atoms with Gasteiger partial charge in [-0.05, 0) is 39.5 Å². The van der Waals surface area contributed by atoms with E-state index in [-0.39, 0.29) is 5.41 Å². The van der Waals surface area contributed by atoms with Crippen LogP contribution in [0.3, 0.4) is 0 Å². The second-order valence-corrected chi connectivity index (χ2v) is 8.92. The number of nitrogens with two attached hydrogens (primary N) is 1. The zero-order chi connectivity index (χ0) is 16.7. The fourth-order valence-electron chi connectivity index (χ4n) is 1.91.